The number of aryl methyl sites for hydroxylation is 1. The van der Waals surface area contributed by atoms with Crippen molar-refractivity contribution in [1.82, 2.24) is 5.43 Å². The second-order valence-corrected chi connectivity index (χ2v) is 8.76. The Balaban J connectivity index is 1.89. The molecule has 31 heavy (non-hydrogen) atoms. The Morgan fingerprint density at radius 2 is 1.61 bits per heavy atom. The molecule has 0 saturated heterocycles. The SMILES string of the molecule is COc1ccccc1N[C@H](C(=O)N/N=C\c1ccc(C)cc1)S(=O)(=O)c1ccccc1. The van der Waals surface area contributed by atoms with Crippen molar-refractivity contribution in [2.75, 3.05) is 12.4 Å². The second kappa shape index (κ2) is 9.90. The number of hydrogen-bond donors (Lipinski definition) is 2. The summed E-state index contributed by atoms with van der Waals surface area (Å²) in [6.45, 7) is 1.96. The number of hydrogen-bond acceptors (Lipinski definition) is 6. The van der Waals surface area contributed by atoms with E-state index < -0.39 is 21.1 Å². The van der Waals surface area contributed by atoms with Gasteiger partial charge in [0, 0.05) is 0 Å². The Morgan fingerprint density at radius 1 is 0.968 bits per heavy atom. The quantitative estimate of drug-likeness (QED) is 0.416. The van der Waals surface area contributed by atoms with E-state index in [2.05, 4.69) is 15.8 Å². The zero-order valence-electron chi connectivity index (χ0n) is 17.1. The lowest BCUT2D eigenvalue weighted by molar-refractivity contribution is -0.120. The Morgan fingerprint density at radius 3 is 2.29 bits per heavy atom. The third-order valence-corrected chi connectivity index (χ3v) is 6.36. The van der Waals surface area contributed by atoms with E-state index in [4.69, 9.17) is 4.74 Å². The molecule has 0 saturated carbocycles. The molecule has 0 heterocycles. The van der Waals surface area contributed by atoms with Crippen LogP contribution in [0.1, 0.15) is 11.1 Å². The first-order valence-corrected chi connectivity index (χ1v) is 11.0. The number of sulfone groups is 1. The largest absolute Gasteiger partial charge is 0.495 e. The predicted molar refractivity (Wildman–Crippen MR) is 121 cm³/mol. The van der Waals surface area contributed by atoms with E-state index in [1.54, 1.807) is 42.5 Å². The van der Waals surface area contributed by atoms with Crippen LogP contribution < -0.4 is 15.5 Å². The number of benzene rings is 3. The van der Waals surface area contributed by atoms with Gasteiger partial charge in [-0.15, -0.1) is 0 Å². The number of ether oxygens (including phenoxy) is 1. The first kappa shape index (κ1) is 22.0. The van der Waals surface area contributed by atoms with Crippen molar-refractivity contribution in [3.63, 3.8) is 0 Å². The number of rotatable bonds is 8. The van der Waals surface area contributed by atoms with Crippen LogP contribution in [0.25, 0.3) is 0 Å². The zero-order chi connectivity index (χ0) is 22.3. The number of nitrogens with zero attached hydrogens (tertiary/aromatic N) is 1. The highest BCUT2D eigenvalue weighted by atomic mass is 32.2. The van der Waals surface area contributed by atoms with Crippen molar-refractivity contribution in [1.29, 1.82) is 0 Å². The monoisotopic (exact) mass is 437 g/mol. The highest BCUT2D eigenvalue weighted by Crippen LogP contribution is 2.26. The molecular weight excluding hydrogens is 414 g/mol. The van der Waals surface area contributed by atoms with E-state index in [1.165, 1.54) is 25.5 Å². The first-order chi connectivity index (χ1) is 14.9. The van der Waals surface area contributed by atoms with Gasteiger partial charge in [-0.3, -0.25) is 4.79 Å². The Kier molecular flexibility index (Phi) is 7.04. The van der Waals surface area contributed by atoms with E-state index in [9.17, 15) is 13.2 Å². The molecule has 8 heteroatoms. The molecule has 0 aliphatic heterocycles. The van der Waals surface area contributed by atoms with Crippen molar-refractivity contribution < 1.29 is 17.9 Å². The molecule has 3 aromatic rings. The van der Waals surface area contributed by atoms with Gasteiger partial charge < -0.3 is 10.1 Å². The van der Waals surface area contributed by atoms with Gasteiger partial charge in [-0.25, -0.2) is 13.8 Å². The molecule has 0 unspecified atom stereocenters. The Labute approximate surface area is 181 Å². The van der Waals surface area contributed by atoms with Crippen LogP contribution in [0, 0.1) is 6.92 Å². The maximum atomic E-state index is 13.2. The van der Waals surface area contributed by atoms with E-state index in [-0.39, 0.29) is 4.90 Å². The summed E-state index contributed by atoms with van der Waals surface area (Å²) in [6, 6.07) is 22.0. The summed E-state index contributed by atoms with van der Waals surface area (Å²) in [6.07, 6.45) is 1.45. The second-order valence-electron chi connectivity index (χ2n) is 6.73. The molecule has 160 valence electrons. The zero-order valence-corrected chi connectivity index (χ0v) is 18.0. The first-order valence-electron chi connectivity index (χ1n) is 9.50. The molecule has 0 spiro atoms. The maximum absolute atomic E-state index is 13.2. The molecule has 2 N–H and O–H groups in total. The molecule has 7 nitrogen and oxygen atoms in total. The normalized spacial score (nSPS) is 12.3. The molecule has 3 aromatic carbocycles. The lowest BCUT2D eigenvalue weighted by Crippen LogP contribution is -2.43. The van der Waals surface area contributed by atoms with Crippen LogP contribution in [0.3, 0.4) is 0 Å². The smallest absolute Gasteiger partial charge is 0.278 e. The topological polar surface area (TPSA) is 96.9 Å². The third-order valence-electron chi connectivity index (χ3n) is 4.48. The van der Waals surface area contributed by atoms with Crippen molar-refractivity contribution in [2.24, 2.45) is 5.10 Å². The molecule has 1 atom stereocenters. The van der Waals surface area contributed by atoms with Crippen LogP contribution in [0.4, 0.5) is 5.69 Å². The highest BCUT2D eigenvalue weighted by molar-refractivity contribution is 7.93. The number of hydrazone groups is 1. The fraction of sp³-hybridized carbons (Fsp3) is 0.130. The van der Waals surface area contributed by atoms with Crippen molar-refractivity contribution in [3.8, 4) is 5.75 Å². The summed E-state index contributed by atoms with van der Waals surface area (Å²) in [5.74, 6) is -0.412. The molecule has 0 radical (unpaired) electrons. The van der Waals surface area contributed by atoms with Gasteiger partial charge in [-0.2, -0.15) is 5.10 Å². The van der Waals surface area contributed by atoms with Crippen molar-refractivity contribution in [2.45, 2.75) is 17.2 Å². The highest BCUT2D eigenvalue weighted by Gasteiger charge is 2.34. The minimum Gasteiger partial charge on any atom is -0.495 e. The van der Waals surface area contributed by atoms with E-state index in [1.807, 2.05) is 31.2 Å². The number of amides is 1. The van der Waals surface area contributed by atoms with Crippen LogP contribution in [-0.2, 0) is 14.6 Å². The minimum atomic E-state index is -4.08. The molecular formula is C23H23N3O4S. The lowest BCUT2D eigenvalue weighted by atomic mass is 10.2. The van der Waals surface area contributed by atoms with Crippen LogP contribution in [0.5, 0.6) is 5.75 Å². The van der Waals surface area contributed by atoms with Gasteiger partial charge in [-0.05, 0) is 36.8 Å². The van der Waals surface area contributed by atoms with Crippen molar-refractivity contribution in [3.05, 3.63) is 90.0 Å². The average Bonchev–Trinajstić information content (AvgIpc) is 2.79. The molecule has 0 aliphatic carbocycles. The Bertz CT molecular complexity index is 1160. The molecule has 0 bridgehead atoms. The molecule has 3 rings (SSSR count). The van der Waals surface area contributed by atoms with Gasteiger partial charge in [0.25, 0.3) is 5.91 Å². The van der Waals surface area contributed by atoms with E-state index >= 15 is 0 Å². The summed E-state index contributed by atoms with van der Waals surface area (Å²) >= 11 is 0. The molecule has 0 aromatic heterocycles. The van der Waals surface area contributed by atoms with Gasteiger partial charge in [0.05, 0.1) is 23.9 Å². The fourth-order valence-electron chi connectivity index (χ4n) is 2.82. The summed E-state index contributed by atoms with van der Waals surface area (Å²) < 4.78 is 31.7. The number of methoxy groups -OCH3 is 1. The van der Waals surface area contributed by atoms with Crippen LogP contribution in [0.2, 0.25) is 0 Å². The predicted octanol–water partition coefficient (Wildman–Crippen LogP) is 3.37. The van der Waals surface area contributed by atoms with Crippen LogP contribution in [0.15, 0.2) is 88.9 Å². The van der Waals surface area contributed by atoms with Gasteiger partial charge in [0.1, 0.15) is 5.75 Å². The summed E-state index contributed by atoms with van der Waals surface area (Å²) in [5.41, 5.74) is 4.56. The number of nitrogens with one attached hydrogen (secondary N) is 2. The van der Waals surface area contributed by atoms with Crippen LogP contribution >= 0.6 is 0 Å². The summed E-state index contributed by atoms with van der Waals surface area (Å²) in [5, 5.41) is 5.09. The van der Waals surface area contributed by atoms with E-state index in [0.29, 0.717) is 11.4 Å². The maximum Gasteiger partial charge on any atom is 0.278 e. The molecule has 0 aliphatic rings. The Hall–Kier alpha value is -3.65. The molecule has 0 fully saturated rings. The fourth-order valence-corrected chi connectivity index (χ4v) is 4.24. The average molecular weight is 438 g/mol. The summed E-state index contributed by atoms with van der Waals surface area (Å²) in [4.78, 5) is 12.9. The van der Waals surface area contributed by atoms with Gasteiger partial charge >= 0.3 is 0 Å². The molecule has 1 amide bonds. The minimum absolute atomic E-state index is 0.0139. The van der Waals surface area contributed by atoms with Crippen LogP contribution in [-0.4, -0.2) is 33.0 Å². The summed E-state index contributed by atoms with van der Waals surface area (Å²) in [7, 11) is -2.61. The van der Waals surface area contributed by atoms with Crippen molar-refractivity contribution >= 4 is 27.6 Å². The number of carbonyl (C=O) groups is 1. The van der Waals surface area contributed by atoms with Gasteiger partial charge in [-0.1, -0.05) is 60.2 Å². The van der Waals surface area contributed by atoms with Gasteiger partial charge in [0.15, 0.2) is 0 Å². The van der Waals surface area contributed by atoms with Gasteiger partial charge in [0.2, 0.25) is 15.2 Å². The number of anilines is 1. The lowest BCUT2D eigenvalue weighted by Gasteiger charge is -2.20. The number of carbonyl (C=O) groups excluding carboxylic acids is 1. The number of para-hydroxylation sites is 2. The standard InChI is InChI=1S/C23H23N3O4S/c1-17-12-14-18(15-13-17)16-24-26-22(27)23(25-20-10-6-7-11-21(20)30-2)31(28,29)19-8-4-3-5-9-19/h3-16,23,25H,1-2H3,(H,26,27)/b24-16-/t23-/m0/s1. The third kappa shape index (κ3) is 5.49. The van der Waals surface area contributed by atoms with E-state index in [0.717, 1.165) is 11.1 Å².